The second-order valence-electron chi connectivity index (χ2n) is 4.21. The fraction of sp³-hybridized carbons (Fsp3) is 0.800. The second-order valence-corrected chi connectivity index (χ2v) is 4.21. The lowest BCUT2D eigenvalue weighted by molar-refractivity contribution is 0.334. The Morgan fingerprint density at radius 3 is 2.67 bits per heavy atom. The van der Waals surface area contributed by atoms with E-state index in [4.69, 9.17) is 0 Å². The van der Waals surface area contributed by atoms with E-state index in [1.807, 2.05) is 0 Å². The van der Waals surface area contributed by atoms with Gasteiger partial charge in [-0.1, -0.05) is 18.6 Å². The minimum Gasteiger partial charge on any atom is -0.336 e. The molecule has 0 spiro atoms. The van der Waals surface area contributed by atoms with Crippen LogP contribution in [0.15, 0.2) is 12.2 Å². The summed E-state index contributed by atoms with van der Waals surface area (Å²) in [5.74, 6) is 1.50. The van der Waals surface area contributed by atoms with E-state index in [1.54, 1.807) is 0 Å². The van der Waals surface area contributed by atoms with Crippen molar-refractivity contribution in [2.75, 3.05) is 0 Å². The molecule has 2 heteroatoms. The molecule has 2 rings (SSSR count). The van der Waals surface area contributed by atoms with E-state index in [0.717, 1.165) is 25.0 Å². The number of rotatable bonds is 1. The molecule has 0 bridgehead atoms. The Labute approximate surface area is 74.4 Å². The van der Waals surface area contributed by atoms with Crippen LogP contribution in [0.4, 0.5) is 4.32 Å². The summed E-state index contributed by atoms with van der Waals surface area (Å²) in [6.45, 7) is -0.485. The van der Waals surface area contributed by atoms with Crippen molar-refractivity contribution in [3.63, 3.8) is 0 Å². The first-order valence-corrected chi connectivity index (χ1v) is 5.15. The van der Waals surface area contributed by atoms with E-state index in [9.17, 15) is 4.32 Å². The number of halogens is 1. The Kier molecular flexibility index (Phi) is 2.52. The van der Waals surface area contributed by atoms with Crippen LogP contribution in [-0.4, -0.2) is 6.99 Å². The molecule has 1 aliphatic heterocycles. The van der Waals surface area contributed by atoms with Gasteiger partial charge in [-0.25, -0.2) is 0 Å². The van der Waals surface area contributed by atoms with Crippen LogP contribution in [0.25, 0.3) is 0 Å². The Balaban J connectivity index is 1.88. The van der Waals surface area contributed by atoms with Gasteiger partial charge in [0.05, 0.1) is 0 Å². The minimum atomic E-state index is -0.485. The zero-order valence-corrected chi connectivity index (χ0v) is 7.51. The van der Waals surface area contributed by atoms with Crippen molar-refractivity contribution >= 4 is 6.99 Å². The van der Waals surface area contributed by atoms with E-state index >= 15 is 0 Å². The van der Waals surface area contributed by atoms with Crippen molar-refractivity contribution in [3.05, 3.63) is 12.2 Å². The molecule has 0 amide bonds. The lowest BCUT2D eigenvalue weighted by Crippen LogP contribution is -2.13. The zero-order chi connectivity index (χ0) is 8.39. The largest absolute Gasteiger partial charge is 0.348 e. The van der Waals surface area contributed by atoms with Crippen molar-refractivity contribution in [1.29, 1.82) is 0 Å². The van der Waals surface area contributed by atoms with Gasteiger partial charge in [0.2, 0.25) is 0 Å². The summed E-state index contributed by atoms with van der Waals surface area (Å²) in [5, 5.41) is 0. The van der Waals surface area contributed by atoms with Gasteiger partial charge in [-0.3, -0.25) is 0 Å². The lowest BCUT2D eigenvalue weighted by Gasteiger charge is -2.23. The van der Waals surface area contributed by atoms with Crippen LogP contribution in [0.1, 0.15) is 25.7 Å². The monoisotopic (exact) mass is 166 g/mol. The Bertz CT molecular complexity index is 179. The molecule has 2 unspecified atom stereocenters. The number of allylic oxidation sites excluding steroid dienone is 2. The number of hydrogen-bond acceptors (Lipinski definition) is 0. The van der Waals surface area contributed by atoms with Gasteiger partial charge in [-0.2, -0.15) is 0 Å². The van der Waals surface area contributed by atoms with Crippen molar-refractivity contribution < 1.29 is 4.32 Å². The molecule has 0 aromatic rings. The van der Waals surface area contributed by atoms with E-state index in [2.05, 4.69) is 12.2 Å². The lowest BCUT2D eigenvalue weighted by atomic mass is 9.68. The van der Waals surface area contributed by atoms with Gasteiger partial charge < -0.3 is 4.32 Å². The molecule has 0 nitrogen and oxygen atoms in total. The molecular formula is C10H16BF. The summed E-state index contributed by atoms with van der Waals surface area (Å²) < 4.78 is 12.9. The maximum Gasteiger partial charge on any atom is 0.348 e. The molecule has 2 atom stereocenters. The Hall–Kier alpha value is -0.265. The first-order valence-electron chi connectivity index (χ1n) is 5.15. The fourth-order valence-electron chi connectivity index (χ4n) is 2.63. The predicted octanol–water partition coefficient (Wildman–Crippen LogP) is 3.32. The minimum absolute atomic E-state index is 0.485. The van der Waals surface area contributed by atoms with Gasteiger partial charge in [0.25, 0.3) is 0 Å². The van der Waals surface area contributed by atoms with Crippen LogP contribution in [-0.2, 0) is 0 Å². The molecular weight excluding hydrogens is 150 g/mol. The van der Waals surface area contributed by atoms with Gasteiger partial charge in [0.1, 0.15) is 0 Å². The summed E-state index contributed by atoms with van der Waals surface area (Å²) in [4.78, 5) is 0. The van der Waals surface area contributed by atoms with Crippen LogP contribution >= 0.6 is 0 Å². The summed E-state index contributed by atoms with van der Waals surface area (Å²) in [5.41, 5.74) is 0. The maximum absolute atomic E-state index is 12.9. The van der Waals surface area contributed by atoms with Crippen LogP contribution in [0, 0.1) is 11.8 Å². The third-order valence-electron chi connectivity index (χ3n) is 3.39. The van der Waals surface area contributed by atoms with Crippen molar-refractivity contribution in [1.82, 2.24) is 0 Å². The molecule has 0 saturated carbocycles. The van der Waals surface area contributed by atoms with Gasteiger partial charge in [-0.05, 0) is 43.7 Å². The average Bonchev–Trinajstić information content (AvgIpc) is 2.54. The summed E-state index contributed by atoms with van der Waals surface area (Å²) in [6, 6.07) is 0. The average molecular weight is 166 g/mol. The van der Waals surface area contributed by atoms with Crippen molar-refractivity contribution in [2.24, 2.45) is 11.8 Å². The summed E-state index contributed by atoms with van der Waals surface area (Å²) in [6.07, 6.45) is 11.1. The standard InChI is InChI=1S/C10H16BF/c12-11-7-6-10(8-11)9-4-2-1-3-5-9/h1-2,9-10H,3-8H2. The summed E-state index contributed by atoms with van der Waals surface area (Å²) in [7, 11) is 0. The van der Waals surface area contributed by atoms with E-state index in [-0.39, 0.29) is 0 Å². The maximum atomic E-state index is 12.9. The van der Waals surface area contributed by atoms with Crippen LogP contribution in [0.3, 0.4) is 0 Å². The Morgan fingerprint density at radius 2 is 2.08 bits per heavy atom. The molecule has 1 heterocycles. The first kappa shape index (κ1) is 8.34. The predicted molar refractivity (Wildman–Crippen MR) is 51.1 cm³/mol. The highest BCUT2D eigenvalue weighted by molar-refractivity contribution is 6.52. The van der Waals surface area contributed by atoms with E-state index in [0.29, 0.717) is 5.92 Å². The molecule has 0 aromatic heterocycles. The van der Waals surface area contributed by atoms with Gasteiger partial charge >= 0.3 is 6.99 Å². The number of hydrogen-bond donors (Lipinski definition) is 0. The quantitative estimate of drug-likeness (QED) is 0.414. The van der Waals surface area contributed by atoms with E-state index in [1.165, 1.54) is 19.3 Å². The van der Waals surface area contributed by atoms with Gasteiger partial charge in [-0.15, -0.1) is 0 Å². The molecule has 1 aliphatic carbocycles. The van der Waals surface area contributed by atoms with Crippen molar-refractivity contribution in [2.45, 2.75) is 38.3 Å². The summed E-state index contributed by atoms with van der Waals surface area (Å²) >= 11 is 0. The topological polar surface area (TPSA) is 0 Å². The molecule has 66 valence electrons. The van der Waals surface area contributed by atoms with Crippen LogP contribution < -0.4 is 0 Å². The molecule has 0 radical (unpaired) electrons. The van der Waals surface area contributed by atoms with Crippen LogP contribution in [0.5, 0.6) is 0 Å². The molecule has 0 aromatic carbocycles. The van der Waals surface area contributed by atoms with Gasteiger partial charge in [0.15, 0.2) is 0 Å². The fourth-order valence-corrected chi connectivity index (χ4v) is 2.63. The molecule has 1 saturated heterocycles. The smallest absolute Gasteiger partial charge is 0.336 e. The molecule has 0 N–H and O–H groups in total. The van der Waals surface area contributed by atoms with E-state index < -0.39 is 6.99 Å². The SMILES string of the molecule is FB1CCC(C2CC=CCC2)C1. The zero-order valence-electron chi connectivity index (χ0n) is 7.51. The highest BCUT2D eigenvalue weighted by Gasteiger charge is 2.33. The first-order chi connectivity index (χ1) is 5.86. The van der Waals surface area contributed by atoms with Gasteiger partial charge in [0, 0.05) is 0 Å². The Morgan fingerprint density at radius 1 is 1.17 bits per heavy atom. The highest BCUT2D eigenvalue weighted by Crippen LogP contribution is 2.38. The normalized spacial score (nSPS) is 35.9. The third-order valence-corrected chi connectivity index (χ3v) is 3.39. The van der Waals surface area contributed by atoms with Crippen molar-refractivity contribution in [3.8, 4) is 0 Å². The van der Waals surface area contributed by atoms with Crippen LogP contribution in [0.2, 0.25) is 12.6 Å². The second kappa shape index (κ2) is 3.63. The molecule has 1 fully saturated rings. The molecule has 2 aliphatic rings. The third kappa shape index (κ3) is 1.73. The highest BCUT2D eigenvalue weighted by atomic mass is 19.1. The molecule has 12 heavy (non-hydrogen) atoms.